The standard InChI is InChI=1S/C23H20N6O3/c1-28-22(31)17-9-3-5-11-19(17)29-20(26-27-23(28)29)14-24-18-10-4-2-8-16(18)21(30)25-13-15-7-6-12-32-15/h2-12,24H,13-14H2,1H3,(H,25,30). The van der Waals surface area contributed by atoms with E-state index in [9.17, 15) is 9.59 Å². The Labute approximate surface area is 182 Å². The van der Waals surface area contributed by atoms with Gasteiger partial charge in [0.05, 0.1) is 35.8 Å². The molecule has 2 aromatic carbocycles. The number of carbonyl (C=O) groups is 1. The summed E-state index contributed by atoms with van der Waals surface area (Å²) in [7, 11) is 1.68. The topological polar surface area (TPSA) is 106 Å². The molecular weight excluding hydrogens is 408 g/mol. The second-order valence-corrected chi connectivity index (χ2v) is 7.29. The molecule has 5 aromatic rings. The summed E-state index contributed by atoms with van der Waals surface area (Å²) in [5, 5.41) is 15.2. The number of amides is 1. The van der Waals surface area contributed by atoms with Crippen molar-refractivity contribution in [1.29, 1.82) is 0 Å². The Balaban J connectivity index is 1.43. The first-order valence-electron chi connectivity index (χ1n) is 10.1. The van der Waals surface area contributed by atoms with Crippen LogP contribution in [0.15, 0.2) is 76.1 Å². The van der Waals surface area contributed by atoms with E-state index in [0.29, 0.717) is 47.1 Å². The van der Waals surface area contributed by atoms with Gasteiger partial charge in [-0.05, 0) is 36.4 Å². The predicted octanol–water partition coefficient (Wildman–Crippen LogP) is 2.72. The van der Waals surface area contributed by atoms with Gasteiger partial charge in [-0.25, -0.2) is 0 Å². The number of hydrogen-bond acceptors (Lipinski definition) is 6. The van der Waals surface area contributed by atoms with Gasteiger partial charge in [0.1, 0.15) is 5.76 Å². The number of aryl methyl sites for hydroxylation is 1. The van der Waals surface area contributed by atoms with Gasteiger partial charge in [-0.15, -0.1) is 10.2 Å². The summed E-state index contributed by atoms with van der Waals surface area (Å²) in [6.45, 7) is 0.612. The zero-order valence-electron chi connectivity index (χ0n) is 17.3. The lowest BCUT2D eigenvalue weighted by Gasteiger charge is -2.12. The van der Waals surface area contributed by atoms with Crippen molar-refractivity contribution in [1.82, 2.24) is 24.5 Å². The number of para-hydroxylation sites is 2. The van der Waals surface area contributed by atoms with Crippen LogP contribution in [0.2, 0.25) is 0 Å². The van der Waals surface area contributed by atoms with Crippen LogP contribution in [0.1, 0.15) is 21.9 Å². The number of rotatable bonds is 6. The number of hydrogen-bond donors (Lipinski definition) is 2. The molecule has 3 aromatic heterocycles. The maximum absolute atomic E-state index is 12.7. The van der Waals surface area contributed by atoms with Gasteiger partial charge in [-0.3, -0.25) is 18.6 Å². The van der Waals surface area contributed by atoms with Crippen LogP contribution in [0.25, 0.3) is 16.7 Å². The molecule has 0 aliphatic heterocycles. The molecule has 0 unspecified atom stereocenters. The Hall–Kier alpha value is -4.40. The quantitative estimate of drug-likeness (QED) is 0.431. The molecule has 0 fully saturated rings. The zero-order valence-corrected chi connectivity index (χ0v) is 17.3. The molecule has 2 N–H and O–H groups in total. The third kappa shape index (κ3) is 3.39. The number of nitrogens with one attached hydrogen (secondary N) is 2. The molecule has 0 aliphatic carbocycles. The summed E-state index contributed by atoms with van der Waals surface area (Å²) in [4.78, 5) is 25.3. The Morgan fingerprint density at radius 2 is 1.81 bits per heavy atom. The summed E-state index contributed by atoms with van der Waals surface area (Å²) in [5.74, 6) is 1.53. The van der Waals surface area contributed by atoms with E-state index in [1.165, 1.54) is 4.57 Å². The highest BCUT2D eigenvalue weighted by Crippen LogP contribution is 2.18. The molecule has 0 spiro atoms. The van der Waals surface area contributed by atoms with E-state index in [1.54, 1.807) is 37.6 Å². The highest BCUT2D eigenvalue weighted by molar-refractivity contribution is 5.99. The van der Waals surface area contributed by atoms with Gasteiger partial charge in [0.2, 0.25) is 5.78 Å². The third-order valence-electron chi connectivity index (χ3n) is 5.30. The maximum Gasteiger partial charge on any atom is 0.262 e. The Kier molecular flexibility index (Phi) is 4.91. The van der Waals surface area contributed by atoms with Crippen LogP contribution >= 0.6 is 0 Å². The van der Waals surface area contributed by atoms with Gasteiger partial charge < -0.3 is 15.1 Å². The highest BCUT2D eigenvalue weighted by atomic mass is 16.3. The lowest BCUT2D eigenvalue weighted by atomic mass is 10.1. The second-order valence-electron chi connectivity index (χ2n) is 7.29. The Morgan fingerprint density at radius 3 is 2.66 bits per heavy atom. The third-order valence-corrected chi connectivity index (χ3v) is 5.30. The number of benzene rings is 2. The van der Waals surface area contributed by atoms with Crippen molar-refractivity contribution < 1.29 is 9.21 Å². The summed E-state index contributed by atoms with van der Waals surface area (Å²) in [5.41, 5.74) is 1.77. The van der Waals surface area contributed by atoms with Crippen LogP contribution in [0.3, 0.4) is 0 Å². The first kappa shape index (κ1) is 19.6. The minimum atomic E-state index is -0.219. The molecule has 9 heteroatoms. The van der Waals surface area contributed by atoms with Gasteiger partial charge in [0.25, 0.3) is 11.5 Å². The van der Waals surface area contributed by atoms with E-state index in [2.05, 4.69) is 20.8 Å². The largest absolute Gasteiger partial charge is 0.467 e. The van der Waals surface area contributed by atoms with E-state index >= 15 is 0 Å². The first-order valence-corrected chi connectivity index (χ1v) is 10.1. The number of furan rings is 1. The first-order chi connectivity index (χ1) is 15.6. The van der Waals surface area contributed by atoms with Gasteiger partial charge in [0, 0.05) is 12.7 Å². The fourth-order valence-corrected chi connectivity index (χ4v) is 3.69. The van der Waals surface area contributed by atoms with Crippen molar-refractivity contribution in [2.24, 2.45) is 7.05 Å². The molecule has 3 heterocycles. The summed E-state index contributed by atoms with van der Waals surface area (Å²) in [6, 6.07) is 18.2. The van der Waals surface area contributed by atoms with Gasteiger partial charge in [0.15, 0.2) is 5.82 Å². The number of fused-ring (bicyclic) bond motifs is 3. The minimum absolute atomic E-state index is 0.126. The van der Waals surface area contributed by atoms with Crippen LogP contribution < -0.4 is 16.2 Å². The van der Waals surface area contributed by atoms with Crippen LogP contribution in [-0.4, -0.2) is 25.1 Å². The molecule has 0 saturated heterocycles. The van der Waals surface area contributed by atoms with E-state index in [0.717, 1.165) is 5.52 Å². The molecular formula is C23H20N6O3. The Bertz CT molecular complexity index is 1480. The lowest BCUT2D eigenvalue weighted by molar-refractivity contribution is 0.0949. The molecule has 160 valence electrons. The van der Waals surface area contributed by atoms with Crippen LogP contribution in [0, 0.1) is 0 Å². The second kappa shape index (κ2) is 8.03. The van der Waals surface area contributed by atoms with Crippen molar-refractivity contribution in [2.45, 2.75) is 13.1 Å². The fraction of sp³-hybridized carbons (Fsp3) is 0.130. The van der Waals surface area contributed by atoms with Gasteiger partial charge in [-0.2, -0.15) is 0 Å². The molecule has 9 nitrogen and oxygen atoms in total. The molecule has 0 saturated carbocycles. The number of carbonyl (C=O) groups excluding carboxylic acids is 1. The van der Waals surface area contributed by atoms with Crippen LogP contribution in [0.4, 0.5) is 5.69 Å². The maximum atomic E-state index is 12.7. The highest BCUT2D eigenvalue weighted by Gasteiger charge is 2.16. The lowest BCUT2D eigenvalue weighted by Crippen LogP contribution is -2.24. The van der Waals surface area contributed by atoms with E-state index < -0.39 is 0 Å². The normalized spacial score (nSPS) is 11.2. The average molecular weight is 428 g/mol. The monoisotopic (exact) mass is 428 g/mol. The summed E-state index contributed by atoms with van der Waals surface area (Å²) >= 11 is 0. The smallest absolute Gasteiger partial charge is 0.262 e. The summed E-state index contributed by atoms with van der Waals surface area (Å²) < 4.78 is 8.60. The van der Waals surface area contributed by atoms with E-state index in [-0.39, 0.29) is 11.5 Å². The van der Waals surface area contributed by atoms with Crippen molar-refractivity contribution in [3.05, 3.63) is 94.4 Å². The van der Waals surface area contributed by atoms with Crippen molar-refractivity contribution in [2.75, 3.05) is 5.32 Å². The van der Waals surface area contributed by atoms with Crippen LogP contribution in [-0.2, 0) is 20.1 Å². The SMILES string of the molecule is Cn1c(=O)c2ccccc2n2c(CNc3ccccc3C(=O)NCc3ccco3)nnc12. The molecule has 0 aliphatic rings. The van der Waals surface area contributed by atoms with E-state index in [1.807, 2.05) is 40.8 Å². The van der Waals surface area contributed by atoms with Gasteiger partial charge >= 0.3 is 0 Å². The molecule has 0 atom stereocenters. The number of aromatic nitrogens is 4. The van der Waals surface area contributed by atoms with Crippen molar-refractivity contribution in [3.8, 4) is 0 Å². The number of nitrogens with zero attached hydrogens (tertiary/aromatic N) is 4. The van der Waals surface area contributed by atoms with Crippen molar-refractivity contribution in [3.63, 3.8) is 0 Å². The van der Waals surface area contributed by atoms with Gasteiger partial charge in [-0.1, -0.05) is 24.3 Å². The fourth-order valence-electron chi connectivity index (χ4n) is 3.69. The molecule has 5 rings (SSSR count). The zero-order chi connectivity index (χ0) is 22.1. The predicted molar refractivity (Wildman–Crippen MR) is 119 cm³/mol. The van der Waals surface area contributed by atoms with Crippen molar-refractivity contribution >= 4 is 28.3 Å². The van der Waals surface area contributed by atoms with E-state index in [4.69, 9.17) is 4.42 Å². The van der Waals surface area contributed by atoms with Crippen LogP contribution in [0.5, 0.6) is 0 Å². The average Bonchev–Trinajstić information content (AvgIpc) is 3.50. The molecule has 0 bridgehead atoms. The number of anilines is 1. The minimum Gasteiger partial charge on any atom is -0.467 e. The summed E-state index contributed by atoms with van der Waals surface area (Å²) in [6.07, 6.45) is 1.57. The molecule has 32 heavy (non-hydrogen) atoms. The Morgan fingerprint density at radius 1 is 1.00 bits per heavy atom. The molecule has 1 amide bonds. The molecule has 0 radical (unpaired) electrons.